The molecule has 1 aromatic rings. The number of nitrogens with one attached hydrogen (secondary N) is 1. The summed E-state index contributed by atoms with van der Waals surface area (Å²) in [5.41, 5.74) is 0.798. The van der Waals surface area contributed by atoms with Gasteiger partial charge in [0.1, 0.15) is 5.75 Å². The summed E-state index contributed by atoms with van der Waals surface area (Å²) in [7, 11) is 0. The molecule has 1 atom stereocenters. The van der Waals surface area contributed by atoms with Crippen LogP contribution in [0.25, 0.3) is 0 Å². The van der Waals surface area contributed by atoms with E-state index in [-0.39, 0.29) is 24.2 Å². The van der Waals surface area contributed by atoms with Crippen molar-refractivity contribution >= 4 is 34.4 Å². The highest BCUT2D eigenvalue weighted by Crippen LogP contribution is 2.27. The quantitative estimate of drug-likeness (QED) is 0.885. The number of carbonyl (C=O) groups is 2. The number of hydrogen-bond acceptors (Lipinski definition) is 5. The van der Waals surface area contributed by atoms with Crippen molar-refractivity contribution in [2.24, 2.45) is 10.9 Å². The van der Waals surface area contributed by atoms with Crippen LogP contribution in [-0.4, -0.2) is 42.4 Å². The number of amidine groups is 1. The molecule has 0 spiro atoms. The van der Waals surface area contributed by atoms with Gasteiger partial charge in [-0.2, -0.15) is 0 Å². The molecule has 0 bridgehead atoms. The van der Waals surface area contributed by atoms with E-state index in [1.807, 2.05) is 24.3 Å². The van der Waals surface area contributed by atoms with Gasteiger partial charge in [0.25, 0.3) is 0 Å². The van der Waals surface area contributed by atoms with Crippen molar-refractivity contribution in [3.63, 3.8) is 0 Å². The van der Waals surface area contributed by atoms with Crippen molar-refractivity contribution in [2.45, 2.75) is 19.8 Å². The first kappa shape index (κ1) is 16.8. The second-order valence-corrected chi connectivity index (χ2v) is 6.86. The van der Waals surface area contributed by atoms with E-state index in [1.54, 1.807) is 16.7 Å². The summed E-state index contributed by atoms with van der Waals surface area (Å²) in [6.07, 6.45) is 1.19. The fraction of sp³-hybridized carbons (Fsp3) is 0.471. The Morgan fingerprint density at radius 2 is 2.21 bits per heavy atom. The molecule has 2 aliphatic heterocycles. The van der Waals surface area contributed by atoms with Crippen molar-refractivity contribution in [2.75, 3.05) is 30.3 Å². The van der Waals surface area contributed by atoms with E-state index in [4.69, 9.17) is 4.74 Å². The van der Waals surface area contributed by atoms with Crippen molar-refractivity contribution in [3.8, 4) is 5.75 Å². The van der Waals surface area contributed by atoms with Gasteiger partial charge in [-0.3, -0.25) is 14.6 Å². The molecule has 2 aliphatic rings. The molecule has 128 valence electrons. The zero-order valence-corrected chi connectivity index (χ0v) is 14.5. The molecule has 3 rings (SSSR count). The summed E-state index contributed by atoms with van der Waals surface area (Å²) in [6, 6.07) is 7.44. The van der Waals surface area contributed by atoms with Gasteiger partial charge in [0.2, 0.25) is 11.8 Å². The second-order valence-electron chi connectivity index (χ2n) is 5.77. The summed E-state index contributed by atoms with van der Waals surface area (Å²) in [6.45, 7) is 3.87. The highest BCUT2D eigenvalue weighted by molar-refractivity contribution is 8.14. The number of thioether (sulfide) groups is 1. The lowest BCUT2D eigenvalue weighted by Gasteiger charge is -2.17. The van der Waals surface area contributed by atoms with E-state index < -0.39 is 0 Å². The maximum atomic E-state index is 12.3. The summed E-state index contributed by atoms with van der Waals surface area (Å²) < 4.78 is 5.55. The van der Waals surface area contributed by atoms with E-state index in [0.29, 0.717) is 18.3 Å². The zero-order valence-electron chi connectivity index (χ0n) is 13.7. The Morgan fingerprint density at radius 1 is 1.42 bits per heavy atom. The molecule has 24 heavy (non-hydrogen) atoms. The molecule has 0 aliphatic carbocycles. The van der Waals surface area contributed by atoms with Crippen molar-refractivity contribution in [1.29, 1.82) is 0 Å². The van der Waals surface area contributed by atoms with E-state index in [9.17, 15) is 9.59 Å². The Morgan fingerprint density at radius 3 is 2.88 bits per heavy atom. The summed E-state index contributed by atoms with van der Waals surface area (Å²) in [5, 5.41) is 3.49. The third kappa shape index (κ3) is 3.90. The minimum atomic E-state index is -0.336. The van der Waals surface area contributed by atoms with Crippen molar-refractivity contribution in [1.82, 2.24) is 5.32 Å². The Kier molecular flexibility index (Phi) is 5.40. The third-order valence-corrected chi connectivity index (χ3v) is 4.82. The zero-order chi connectivity index (χ0) is 16.9. The number of carbonyl (C=O) groups excluding carboxylic acids is 2. The van der Waals surface area contributed by atoms with Gasteiger partial charge in [-0.1, -0.05) is 18.7 Å². The van der Waals surface area contributed by atoms with Crippen LogP contribution < -0.4 is 15.0 Å². The average molecular weight is 347 g/mol. The fourth-order valence-corrected chi connectivity index (χ4v) is 3.42. The van der Waals surface area contributed by atoms with Crippen LogP contribution in [0.2, 0.25) is 0 Å². The number of aliphatic imine (C=N–C) groups is 1. The number of rotatable bonds is 5. The van der Waals surface area contributed by atoms with Crippen LogP contribution >= 0.6 is 11.8 Å². The standard InChI is InChI=1S/C17H21N3O3S/c1-2-8-23-14-5-3-13(4-6-14)20-11-12(10-15(20)21)16(22)19-17-18-7-9-24-17/h3-6,12H,2,7-11H2,1H3,(H,18,19,22)/t12-/m0/s1. The van der Waals surface area contributed by atoms with Crippen LogP contribution in [0, 0.1) is 5.92 Å². The van der Waals surface area contributed by atoms with Crippen LogP contribution in [0.1, 0.15) is 19.8 Å². The molecule has 2 amide bonds. The van der Waals surface area contributed by atoms with Crippen LogP contribution in [0.5, 0.6) is 5.75 Å². The maximum Gasteiger partial charge on any atom is 0.231 e. The molecule has 1 N–H and O–H groups in total. The van der Waals surface area contributed by atoms with Gasteiger partial charge in [-0.05, 0) is 30.7 Å². The maximum absolute atomic E-state index is 12.3. The molecule has 0 unspecified atom stereocenters. The van der Waals surface area contributed by atoms with Gasteiger partial charge in [0, 0.05) is 24.4 Å². The summed E-state index contributed by atoms with van der Waals surface area (Å²) in [4.78, 5) is 30.4. The predicted molar refractivity (Wildman–Crippen MR) is 95.6 cm³/mol. The fourth-order valence-electron chi connectivity index (χ4n) is 2.69. The largest absolute Gasteiger partial charge is 0.494 e. The smallest absolute Gasteiger partial charge is 0.231 e. The van der Waals surface area contributed by atoms with Gasteiger partial charge in [0.05, 0.1) is 19.1 Å². The van der Waals surface area contributed by atoms with Crippen LogP contribution in [0.4, 0.5) is 5.69 Å². The van der Waals surface area contributed by atoms with Crippen molar-refractivity contribution < 1.29 is 14.3 Å². The molecule has 0 aromatic heterocycles. The lowest BCUT2D eigenvalue weighted by atomic mass is 10.1. The molecular weight excluding hydrogens is 326 g/mol. The van der Waals surface area contributed by atoms with E-state index in [1.165, 1.54) is 0 Å². The molecule has 6 nitrogen and oxygen atoms in total. The lowest BCUT2D eigenvalue weighted by Crippen LogP contribution is -2.35. The van der Waals surface area contributed by atoms with Crippen LogP contribution in [0.3, 0.4) is 0 Å². The topological polar surface area (TPSA) is 71.0 Å². The van der Waals surface area contributed by atoms with Gasteiger partial charge >= 0.3 is 0 Å². The van der Waals surface area contributed by atoms with E-state index in [2.05, 4.69) is 17.2 Å². The Hall–Kier alpha value is -2.02. The first-order valence-corrected chi connectivity index (χ1v) is 9.17. The number of hydrogen-bond donors (Lipinski definition) is 1. The minimum Gasteiger partial charge on any atom is -0.494 e. The van der Waals surface area contributed by atoms with Gasteiger partial charge in [-0.15, -0.1) is 0 Å². The SMILES string of the molecule is CCCOc1ccc(N2C[C@@H](C(=O)NC3=NCCS3)CC2=O)cc1. The number of anilines is 1. The molecule has 0 radical (unpaired) electrons. The van der Waals surface area contributed by atoms with Crippen LogP contribution in [0.15, 0.2) is 29.3 Å². The summed E-state index contributed by atoms with van der Waals surface area (Å²) in [5.74, 6) is 1.20. The van der Waals surface area contributed by atoms with Gasteiger partial charge in [0.15, 0.2) is 5.17 Å². The number of amides is 2. The monoisotopic (exact) mass is 347 g/mol. The predicted octanol–water partition coefficient (Wildman–Crippen LogP) is 2.05. The molecular formula is C17H21N3O3S. The number of benzene rings is 1. The Labute approximate surface area is 145 Å². The van der Waals surface area contributed by atoms with E-state index in [0.717, 1.165) is 30.2 Å². The summed E-state index contributed by atoms with van der Waals surface area (Å²) >= 11 is 1.54. The molecule has 0 saturated carbocycles. The molecule has 1 aromatic carbocycles. The van der Waals surface area contributed by atoms with Gasteiger partial charge in [-0.25, -0.2) is 0 Å². The second kappa shape index (κ2) is 7.70. The normalized spacial score (nSPS) is 20.2. The average Bonchev–Trinajstić information content (AvgIpc) is 3.23. The third-order valence-electron chi connectivity index (χ3n) is 3.93. The Balaban J connectivity index is 1.60. The minimum absolute atomic E-state index is 0.0293. The van der Waals surface area contributed by atoms with Crippen LogP contribution in [-0.2, 0) is 9.59 Å². The highest BCUT2D eigenvalue weighted by Gasteiger charge is 2.35. The number of nitrogens with zero attached hydrogens (tertiary/aromatic N) is 2. The Bertz CT molecular complexity index is 645. The van der Waals surface area contributed by atoms with Gasteiger partial charge < -0.3 is 15.0 Å². The molecule has 1 fully saturated rings. The van der Waals surface area contributed by atoms with E-state index >= 15 is 0 Å². The molecule has 1 saturated heterocycles. The first-order valence-electron chi connectivity index (χ1n) is 8.18. The first-order chi connectivity index (χ1) is 11.7. The highest BCUT2D eigenvalue weighted by atomic mass is 32.2. The van der Waals surface area contributed by atoms with Crippen molar-refractivity contribution in [3.05, 3.63) is 24.3 Å². The number of ether oxygens (including phenoxy) is 1. The molecule has 2 heterocycles. The molecule has 7 heteroatoms. The lowest BCUT2D eigenvalue weighted by molar-refractivity contribution is -0.125.